The lowest BCUT2D eigenvalue weighted by atomic mass is 10.1. The summed E-state index contributed by atoms with van der Waals surface area (Å²) in [6, 6.07) is 2.68. The van der Waals surface area contributed by atoms with Crippen LogP contribution in [-0.2, 0) is 6.42 Å². The maximum Gasteiger partial charge on any atom is 0.149 e. The van der Waals surface area contributed by atoms with Gasteiger partial charge in [-0.1, -0.05) is 6.92 Å². The second-order valence-corrected chi connectivity index (χ2v) is 2.54. The Labute approximate surface area is 70.4 Å². The van der Waals surface area contributed by atoms with Crippen molar-refractivity contribution in [1.82, 2.24) is 0 Å². The molecule has 12 heavy (non-hydrogen) atoms. The van der Waals surface area contributed by atoms with Gasteiger partial charge in [0.25, 0.3) is 0 Å². The van der Waals surface area contributed by atoms with Gasteiger partial charge in [0.2, 0.25) is 0 Å². The lowest BCUT2D eigenvalue weighted by Crippen LogP contribution is -1.98. The number of rotatable bonds is 2. The van der Waals surface area contributed by atoms with Crippen molar-refractivity contribution in [2.45, 2.75) is 13.3 Å². The van der Waals surface area contributed by atoms with Gasteiger partial charge in [0.15, 0.2) is 0 Å². The number of hydrogen-bond donors (Lipinski definition) is 1. The Kier molecular flexibility index (Phi) is 2.63. The molecule has 1 nitrogen and oxygen atoms in total. The van der Waals surface area contributed by atoms with Gasteiger partial charge in [-0.25, -0.2) is 8.78 Å². The van der Waals surface area contributed by atoms with Gasteiger partial charge in [-0.15, -0.1) is 0 Å². The van der Waals surface area contributed by atoms with Gasteiger partial charge in [-0.3, -0.25) is 0 Å². The van der Waals surface area contributed by atoms with E-state index in [1.807, 2.05) is 6.92 Å². The summed E-state index contributed by atoms with van der Waals surface area (Å²) in [6.07, 6.45) is 0.637. The second kappa shape index (κ2) is 3.52. The van der Waals surface area contributed by atoms with Crippen molar-refractivity contribution < 1.29 is 8.78 Å². The summed E-state index contributed by atoms with van der Waals surface area (Å²) in [5, 5.41) is 2.46. The fourth-order valence-electron chi connectivity index (χ4n) is 1.07. The molecule has 0 spiro atoms. The van der Waals surface area contributed by atoms with Crippen LogP contribution in [0.4, 0.5) is 14.5 Å². The molecular formula is C9H11F2N. The van der Waals surface area contributed by atoms with Crippen LogP contribution in [0.3, 0.4) is 0 Å². The first-order valence-corrected chi connectivity index (χ1v) is 3.84. The van der Waals surface area contributed by atoms with Crippen LogP contribution in [0.25, 0.3) is 0 Å². The maximum absolute atomic E-state index is 13.0. The van der Waals surface area contributed by atoms with E-state index in [1.165, 1.54) is 19.2 Å². The van der Waals surface area contributed by atoms with E-state index >= 15 is 0 Å². The Morgan fingerprint density at radius 3 is 2.08 bits per heavy atom. The topological polar surface area (TPSA) is 12.0 Å². The number of nitrogens with one attached hydrogen (secondary N) is 1. The summed E-state index contributed by atoms with van der Waals surface area (Å²) in [7, 11) is 1.49. The molecule has 0 unspecified atom stereocenters. The number of anilines is 1. The maximum atomic E-state index is 13.0. The summed E-state index contributed by atoms with van der Waals surface area (Å²) < 4.78 is 26.0. The van der Waals surface area contributed by atoms with Crippen molar-refractivity contribution in [3.63, 3.8) is 0 Å². The molecule has 0 saturated carbocycles. The fourth-order valence-corrected chi connectivity index (χ4v) is 1.07. The monoisotopic (exact) mass is 171 g/mol. The van der Waals surface area contributed by atoms with Crippen molar-refractivity contribution in [3.05, 3.63) is 29.3 Å². The molecule has 0 aliphatic rings. The Hall–Kier alpha value is -1.12. The SMILES string of the molecule is CCc1cc(F)c(NC)c(F)c1. The summed E-state index contributed by atoms with van der Waals surface area (Å²) in [5.74, 6) is -1.07. The Morgan fingerprint density at radius 2 is 1.75 bits per heavy atom. The van der Waals surface area contributed by atoms with E-state index in [1.54, 1.807) is 0 Å². The molecule has 0 heterocycles. The van der Waals surface area contributed by atoms with Gasteiger partial charge >= 0.3 is 0 Å². The molecule has 66 valence electrons. The normalized spacial score (nSPS) is 10.0. The first-order valence-electron chi connectivity index (χ1n) is 3.84. The van der Waals surface area contributed by atoms with Gasteiger partial charge < -0.3 is 5.32 Å². The third kappa shape index (κ3) is 1.55. The minimum absolute atomic E-state index is 0.0628. The van der Waals surface area contributed by atoms with Crippen LogP contribution >= 0.6 is 0 Å². The van der Waals surface area contributed by atoms with Gasteiger partial charge in [0.1, 0.15) is 17.3 Å². The van der Waals surface area contributed by atoms with Crippen LogP contribution in [0, 0.1) is 11.6 Å². The van der Waals surface area contributed by atoms with Crippen molar-refractivity contribution >= 4 is 5.69 Å². The van der Waals surface area contributed by atoms with E-state index < -0.39 is 11.6 Å². The predicted molar refractivity (Wildman–Crippen MR) is 45.3 cm³/mol. The number of hydrogen-bond acceptors (Lipinski definition) is 1. The van der Waals surface area contributed by atoms with E-state index in [2.05, 4.69) is 5.32 Å². The zero-order valence-corrected chi connectivity index (χ0v) is 7.12. The fraction of sp³-hybridized carbons (Fsp3) is 0.333. The summed E-state index contributed by atoms with van der Waals surface area (Å²) >= 11 is 0. The molecule has 0 radical (unpaired) electrons. The molecule has 0 aromatic heterocycles. The average Bonchev–Trinajstić information content (AvgIpc) is 2.03. The van der Waals surface area contributed by atoms with Crippen molar-refractivity contribution in [1.29, 1.82) is 0 Å². The molecule has 1 aromatic rings. The third-order valence-corrected chi connectivity index (χ3v) is 1.76. The first kappa shape index (κ1) is 8.97. The largest absolute Gasteiger partial charge is 0.383 e. The predicted octanol–water partition coefficient (Wildman–Crippen LogP) is 2.57. The van der Waals surface area contributed by atoms with Gasteiger partial charge in [0, 0.05) is 7.05 Å². The number of halogens is 2. The molecule has 0 fully saturated rings. The van der Waals surface area contributed by atoms with Crippen LogP contribution in [0.1, 0.15) is 12.5 Å². The quantitative estimate of drug-likeness (QED) is 0.721. The molecule has 0 bridgehead atoms. The number of aryl methyl sites for hydroxylation is 1. The Bertz CT molecular complexity index is 261. The molecule has 0 aliphatic carbocycles. The van der Waals surface area contributed by atoms with E-state index in [-0.39, 0.29) is 5.69 Å². The van der Waals surface area contributed by atoms with Gasteiger partial charge in [0.05, 0.1) is 0 Å². The smallest absolute Gasteiger partial charge is 0.149 e. The molecule has 0 atom stereocenters. The van der Waals surface area contributed by atoms with E-state index in [4.69, 9.17) is 0 Å². The highest BCUT2D eigenvalue weighted by Crippen LogP contribution is 2.20. The highest BCUT2D eigenvalue weighted by atomic mass is 19.1. The van der Waals surface area contributed by atoms with E-state index in [9.17, 15) is 8.78 Å². The molecule has 3 heteroatoms. The molecule has 0 aliphatic heterocycles. The van der Waals surface area contributed by atoms with Crippen LogP contribution in [0.15, 0.2) is 12.1 Å². The summed E-state index contributed by atoms with van der Waals surface area (Å²) in [5.41, 5.74) is 0.608. The zero-order chi connectivity index (χ0) is 9.14. The van der Waals surface area contributed by atoms with Gasteiger partial charge in [-0.05, 0) is 24.1 Å². The van der Waals surface area contributed by atoms with E-state index in [0.717, 1.165) is 0 Å². The highest BCUT2D eigenvalue weighted by Gasteiger charge is 2.07. The van der Waals surface area contributed by atoms with Gasteiger partial charge in [-0.2, -0.15) is 0 Å². The highest BCUT2D eigenvalue weighted by molar-refractivity contribution is 5.47. The molecular weight excluding hydrogens is 160 g/mol. The van der Waals surface area contributed by atoms with Crippen molar-refractivity contribution in [2.75, 3.05) is 12.4 Å². The summed E-state index contributed by atoms with van der Waals surface area (Å²) in [6.45, 7) is 1.85. The Balaban J connectivity index is 3.18. The van der Waals surface area contributed by atoms with Crippen LogP contribution in [0.2, 0.25) is 0 Å². The van der Waals surface area contributed by atoms with E-state index in [0.29, 0.717) is 12.0 Å². The molecule has 1 rings (SSSR count). The van der Waals surface area contributed by atoms with Crippen molar-refractivity contribution in [2.24, 2.45) is 0 Å². The lowest BCUT2D eigenvalue weighted by molar-refractivity contribution is 0.586. The first-order chi connectivity index (χ1) is 5.69. The van der Waals surface area contributed by atoms with Crippen LogP contribution in [0.5, 0.6) is 0 Å². The lowest BCUT2D eigenvalue weighted by Gasteiger charge is -2.05. The minimum atomic E-state index is -0.533. The molecule has 0 amide bonds. The molecule has 0 saturated heterocycles. The number of benzene rings is 1. The molecule has 1 aromatic carbocycles. The van der Waals surface area contributed by atoms with Crippen LogP contribution < -0.4 is 5.32 Å². The van der Waals surface area contributed by atoms with Crippen molar-refractivity contribution in [3.8, 4) is 0 Å². The zero-order valence-electron chi connectivity index (χ0n) is 7.12. The summed E-state index contributed by atoms with van der Waals surface area (Å²) in [4.78, 5) is 0. The minimum Gasteiger partial charge on any atom is -0.383 e. The molecule has 1 N–H and O–H groups in total. The average molecular weight is 171 g/mol. The van der Waals surface area contributed by atoms with Crippen LogP contribution in [-0.4, -0.2) is 7.05 Å². The third-order valence-electron chi connectivity index (χ3n) is 1.76. The standard InChI is InChI=1S/C9H11F2N/c1-3-6-4-7(10)9(12-2)8(11)5-6/h4-5,12H,3H2,1-2H3. The Morgan fingerprint density at radius 1 is 1.25 bits per heavy atom. The second-order valence-electron chi connectivity index (χ2n) is 2.54.